The summed E-state index contributed by atoms with van der Waals surface area (Å²) in [4.78, 5) is 25.1. The maximum Gasteiger partial charge on any atom is 0.343 e. The number of anilines is 1. The smallest absolute Gasteiger partial charge is 0.343 e. The second-order valence-corrected chi connectivity index (χ2v) is 12.1. The molecule has 44 heavy (non-hydrogen) atoms. The minimum Gasteiger partial charge on any atom is -0.423 e. The standard InChI is InChI=1S/C39H37NO4/c1-26-9-11-27(12-10-26)36(41)43-34-21-15-29(16-22-34)38(2,3)31-7-6-8-32(25-31)39(4,5)30-17-23-35(24-18-30)44-37(42)28-13-19-33(40)20-14-28/h6-25H,40H2,1-5H3. The summed E-state index contributed by atoms with van der Waals surface area (Å²) in [7, 11) is 0. The Kier molecular flexibility index (Phi) is 8.41. The van der Waals surface area contributed by atoms with Gasteiger partial charge in [0.25, 0.3) is 0 Å². The van der Waals surface area contributed by atoms with Crippen LogP contribution in [0.15, 0.2) is 121 Å². The number of benzene rings is 5. The molecule has 0 amide bonds. The first-order valence-corrected chi connectivity index (χ1v) is 14.6. The maximum atomic E-state index is 12.6. The lowest BCUT2D eigenvalue weighted by Crippen LogP contribution is -2.23. The minimum atomic E-state index is -0.426. The Morgan fingerprint density at radius 3 is 1.32 bits per heavy atom. The highest BCUT2D eigenvalue weighted by molar-refractivity contribution is 5.91. The van der Waals surface area contributed by atoms with E-state index in [9.17, 15) is 9.59 Å². The van der Waals surface area contributed by atoms with E-state index in [2.05, 4.69) is 52.0 Å². The molecule has 2 N–H and O–H groups in total. The van der Waals surface area contributed by atoms with Crippen molar-refractivity contribution in [1.29, 1.82) is 0 Å². The second-order valence-electron chi connectivity index (χ2n) is 12.1. The Labute approximate surface area is 259 Å². The summed E-state index contributed by atoms with van der Waals surface area (Å²) in [5.74, 6) is 0.186. The van der Waals surface area contributed by atoms with Crippen LogP contribution in [0, 0.1) is 6.92 Å². The van der Waals surface area contributed by atoms with Crippen molar-refractivity contribution in [3.8, 4) is 11.5 Å². The number of esters is 2. The molecule has 0 unspecified atom stereocenters. The Bertz CT molecular complexity index is 1640. The average Bonchev–Trinajstić information content (AvgIpc) is 3.02. The van der Waals surface area contributed by atoms with Gasteiger partial charge in [-0.2, -0.15) is 0 Å². The molecule has 5 nitrogen and oxygen atoms in total. The maximum absolute atomic E-state index is 12.6. The van der Waals surface area contributed by atoms with Gasteiger partial charge in [-0.05, 0) is 89.8 Å². The predicted octanol–water partition coefficient (Wildman–Crippen LogP) is 8.67. The summed E-state index contributed by atoms with van der Waals surface area (Å²) in [5.41, 5.74) is 12.3. The lowest BCUT2D eigenvalue weighted by molar-refractivity contribution is 0.0725. The van der Waals surface area contributed by atoms with E-state index < -0.39 is 5.97 Å². The largest absolute Gasteiger partial charge is 0.423 e. The van der Waals surface area contributed by atoms with Gasteiger partial charge in [-0.15, -0.1) is 0 Å². The summed E-state index contributed by atoms with van der Waals surface area (Å²) in [6.45, 7) is 10.7. The first kappa shape index (κ1) is 30.3. The van der Waals surface area contributed by atoms with Crippen molar-refractivity contribution in [2.75, 3.05) is 5.73 Å². The Morgan fingerprint density at radius 2 is 0.909 bits per heavy atom. The Morgan fingerprint density at radius 1 is 0.523 bits per heavy atom. The van der Waals surface area contributed by atoms with E-state index in [1.165, 1.54) is 11.1 Å². The number of ether oxygens (including phenoxy) is 2. The van der Waals surface area contributed by atoms with Crippen molar-refractivity contribution in [2.45, 2.75) is 45.4 Å². The lowest BCUT2D eigenvalue weighted by atomic mass is 9.73. The van der Waals surface area contributed by atoms with Crippen molar-refractivity contribution in [3.63, 3.8) is 0 Å². The van der Waals surface area contributed by atoms with Crippen LogP contribution in [0.4, 0.5) is 5.69 Å². The third kappa shape index (κ3) is 6.57. The molecule has 0 heterocycles. The van der Waals surface area contributed by atoms with E-state index >= 15 is 0 Å². The SMILES string of the molecule is Cc1ccc(C(=O)Oc2ccc(C(C)(C)c3cccc(C(C)(C)c4ccc(OC(=O)c5ccc(N)cc5)cc4)c3)cc2)cc1. The first-order valence-electron chi connectivity index (χ1n) is 14.6. The zero-order valence-electron chi connectivity index (χ0n) is 25.8. The van der Waals surface area contributed by atoms with Crippen molar-refractivity contribution in [1.82, 2.24) is 0 Å². The molecule has 0 saturated carbocycles. The van der Waals surface area contributed by atoms with Gasteiger partial charge < -0.3 is 15.2 Å². The van der Waals surface area contributed by atoms with Crippen molar-refractivity contribution < 1.29 is 19.1 Å². The normalized spacial score (nSPS) is 11.6. The zero-order valence-corrected chi connectivity index (χ0v) is 25.8. The third-order valence-corrected chi connectivity index (χ3v) is 8.31. The van der Waals surface area contributed by atoms with Gasteiger partial charge in [-0.25, -0.2) is 9.59 Å². The molecule has 0 atom stereocenters. The van der Waals surface area contributed by atoms with Gasteiger partial charge in [-0.1, -0.05) is 93.9 Å². The van der Waals surface area contributed by atoms with Gasteiger partial charge in [0.15, 0.2) is 0 Å². The number of aryl methyl sites for hydroxylation is 1. The number of rotatable bonds is 8. The van der Waals surface area contributed by atoms with E-state index in [1.807, 2.05) is 67.6 Å². The van der Waals surface area contributed by atoms with Crippen LogP contribution < -0.4 is 15.2 Å². The molecule has 0 aromatic heterocycles. The minimum absolute atomic E-state index is 0.300. The summed E-state index contributed by atoms with van der Waals surface area (Å²) >= 11 is 0. The molecular weight excluding hydrogens is 546 g/mol. The topological polar surface area (TPSA) is 78.6 Å². The molecule has 5 aromatic carbocycles. The van der Waals surface area contributed by atoms with Crippen LogP contribution in [0.3, 0.4) is 0 Å². The van der Waals surface area contributed by atoms with Crippen molar-refractivity contribution in [3.05, 3.63) is 160 Å². The summed E-state index contributed by atoms with van der Waals surface area (Å²) in [6.07, 6.45) is 0. The van der Waals surface area contributed by atoms with Crippen LogP contribution in [0.5, 0.6) is 11.5 Å². The fourth-order valence-electron chi connectivity index (χ4n) is 5.15. The van der Waals surface area contributed by atoms with Crippen molar-refractivity contribution >= 4 is 17.6 Å². The zero-order chi connectivity index (χ0) is 31.5. The molecule has 0 fully saturated rings. The molecule has 0 saturated heterocycles. The molecular formula is C39H37NO4. The van der Waals surface area contributed by atoms with Gasteiger partial charge in [-0.3, -0.25) is 0 Å². The average molecular weight is 584 g/mol. The van der Waals surface area contributed by atoms with E-state index in [-0.39, 0.29) is 16.8 Å². The van der Waals surface area contributed by atoms with Crippen molar-refractivity contribution in [2.24, 2.45) is 0 Å². The molecule has 5 heteroatoms. The van der Waals surface area contributed by atoms with Crippen LogP contribution in [0.2, 0.25) is 0 Å². The molecule has 0 radical (unpaired) electrons. The van der Waals surface area contributed by atoms with Crippen LogP contribution in [-0.2, 0) is 10.8 Å². The number of carbonyl (C=O) groups excluding carboxylic acids is 2. The summed E-state index contributed by atoms with van der Waals surface area (Å²) in [6, 6.07) is 38.0. The summed E-state index contributed by atoms with van der Waals surface area (Å²) in [5, 5.41) is 0. The Hall–Kier alpha value is -5.16. The molecule has 222 valence electrons. The summed E-state index contributed by atoms with van der Waals surface area (Å²) < 4.78 is 11.2. The highest BCUT2D eigenvalue weighted by Gasteiger charge is 2.28. The van der Waals surface area contributed by atoms with Gasteiger partial charge in [0.2, 0.25) is 0 Å². The van der Waals surface area contributed by atoms with Crippen LogP contribution >= 0.6 is 0 Å². The first-order chi connectivity index (χ1) is 20.9. The van der Waals surface area contributed by atoms with Crippen LogP contribution in [-0.4, -0.2) is 11.9 Å². The number of nitrogens with two attached hydrogens (primary N) is 1. The molecule has 0 aliphatic rings. The predicted molar refractivity (Wildman–Crippen MR) is 176 cm³/mol. The third-order valence-electron chi connectivity index (χ3n) is 8.31. The number of carbonyl (C=O) groups is 2. The van der Waals surface area contributed by atoms with Gasteiger partial charge >= 0.3 is 11.9 Å². The number of nitrogen functional groups attached to an aromatic ring is 1. The van der Waals surface area contributed by atoms with E-state index in [4.69, 9.17) is 15.2 Å². The lowest BCUT2D eigenvalue weighted by Gasteiger charge is -2.31. The highest BCUT2D eigenvalue weighted by atomic mass is 16.5. The molecule has 0 spiro atoms. The fourth-order valence-corrected chi connectivity index (χ4v) is 5.15. The van der Waals surface area contributed by atoms with Gasteiger partial charge in [0, 0.05) is 16.5 Å². The number of hydrogen-bond acceptors (Lipinski definition) is 5. The molecule has 5 aromatic rings. The van der Waals surface area contributed by atoms with E-state index in [0.29, 0.717) is 28.3 Å². The highest BCUT2D eigenvalue weighted by Crippen LogP contribution is 2.38. The van der Waals surface area contributed by atoms with Crippen LogP contribution in [0.1, 0.15) is 76.2 Å². The van der Waals surface area contributed by atoms with Crippen LogP contribution in [0.25, 0.3) is 0 Å². The van der Waals surface area contributed by atoms with E-state index in [0.717, 1.165) is 16.7 Å². The molecule has 0 bridgehead atoms. The second kappa shape index (κ2) is 12.2. The molecule has 5 rings (SSSR count). The van der Waals surface area contributed by atoms with Gasteiger partial charge in [0.05, 0.1) is 11.1 Å². The molecule has 0 aliphatic heterocycles. The Balaban J connectivity index is 1.30. The van der Waals surface area contributed by atoms with E-state index in [1.54, 1.807) is 36.4 Å². The number of hydrogen-bond donors (Lipinski definition) is 1. The monoisotopic (exact) mass is 583 g/mol. The molecule has 0 aliphatic carbocycles. The quantitative estimate of drug-likeness (QED) is 0.112. The van der Waals surface area contributed by atoms with Gasteiger partial charge in [0.1, 0.15) is 11.5 Å². The fraction of sp³-hybridized carbons (Fsp3) is 0.179.